The van der Waals surface area contributed by atoms with Crippen molar-refractivity contribution in [2.45, 2.75) is 33.2 Å². The Morgan fingerprint density at radius 3 is 2.23 bits per heavy atom. The van der Waals surface area contributed by atoms with E-state index in [9.17, 15) is 14.4 Å². The summed E-state index contributed by atoms with van der Waals surface area (Å²) in [5, 5.41) is 8.35. The Balaban J connectivity index is 1.71. The van der Waals surface area contributed by atoms with Gasteiger partial charge >= 0.3 is 0 Å². The average Bonchev–Trinajstić information content (AvgIpc) is 2.87. The summed E-state index contributed by atoms with van der Waals surface area (Å²) in [5.74, 6) is -0.739. The van der Waals surface area contributed by atoms with Crippen LogP contribution in [0, 0.1) is 12.8 Å². The molecule has 0 saturated carbocycles. The normalized spacial score (nSPS) is 11.5. The van der Waals surface area contributed by atoms with Gasteiger partial charge in [0.25, 0.3) is 11.8 Å². The zero-order chi connectivity index (χ0) is 25.2. The first-order valence-corrected chi connectivity index (χ1v) is 11.8. The molecule has 1 aromatic heterocycles. The van der Waals surface area contributed by atoms with Gasteiger partial charge in [0.05, 0.1) is 5.69 Å². The zero-order valence-electron chi connectivity index (χ0n) is 20.4. The van der Waals surface area contributed by atoms with Gasteiger partial charge in [0.2, 0.25) is 5.91 Å². The van der Waals surface area contributed by atoms with Crippen molar-refractivity contribution >= 4 is 17.7 Å². The minimum Gasteiger partial charge on any atom is -0.354 e. The second kappa shape index (κ2) is 12.5. The molecule has 0 fully saturated rings. The number of nitrogens with zero attached hydrogens (tertiary/aromatic N) is 1. The predicted molar refractivity (Wildman–Crippen MR) is 137 cm³/mol. The Hall–Kier alpha value is -4.00. The number of benzene rings is 2. The molecule has 182 valence electrons. The van der Waals surface area contributed by atoms with E-state index in [2.05, 4.69) is 34.8 Å². The van der Waals surface area contributed by atoms with E-state index in [1.165, 1.54) is 0 Å². The highest BCUT2D eigenvalue weighted by molar-refractivity contribution is 5.98. The molecule has 0 unspecified atom stereocenters. The Morgan fingerprint density at radius 2 is 1.54 bits per heavy atom. The molecule has 0 bridgehead atoms. The number of carbonyl (C=O) groups excluding carboxylic acids is 3. The van der Waals surface area contributed by atoms with Gasteiger partial charge in [-0.1, -0.05) is 67.9 Å². The molecule has 7 heteroatoms. The van der Waals surface area contributed by atoms with Crippen molar-refractivity contribution < 1.29 is 14.4 Å². The molecular weight excluding hydrogens is 440 g/mol. The standard InChI is InChI=1S/C28H32N4O3/c1-19(2)16-17-29-27(34)25(18-30-26(33)22-14-12-20(3)13-15-22)32-28(35)24-11-7-10-23(31-24)21-8-5-4-6-9-21/h4-15,19,25H,16-18H2,1-3H3,(H,29,34)(H,30,33)(H,32,35)/t25-/m0/s1. The van der Waals surface area contributed by atoms with Gasteiger partial charge in [0.1, 0.15) is 11.7 Å². The third-order valence-electron chi connectivity index (χ3n) is 5.47. The van der Waals surface area contributed by atoms with Crippen molar-refractivity contribution in [3.8, 4) is 11.3 Å². The Labute approximate surface area is 206 Å². The van der Waals surface area contributed by atoms with Gasteiger partial charge in [-0.3, -0.25) is 14.4 Å². The third-order valence-corrected chi connectivity index (χ3v) is 5.47. The average molecular weight is 473 g/mol. The van der Waals surface area contributed by atoms with Crippen LogP contribution in [0.3, 0.4) is 0 Å². The molecule has 3 aromatic rings. The van der Waals surface area contributed by atoms with Crippen LogP contribution in [0.4, 0.5) is 0 Å². The molecule has 3 N–H and O–H groups in total. The number of pyridine rings is 1. The summed E-state index contributed by atoms with van der Waals surface area (Å²) in [4.78, 5) is 42.9. The van der Waals surface area contributed by atoms with E-state index >= 15 is 0 Å². The van der Waals surface area contributed by atoms with Gasteiger partial charge in [-0.2, -0.15) is 0 Å². The first kappa shape index (κ1) is 25.6. The molecule has 7 nitrogen and oxygen atoms in total. The summed E-state index contributed by atoms with van der Waals surface area (Å²) in [5.41, 5.74) is 3.26. The molecule has 0 spiro atoms. The predicted octanol–water partition coefficient (Wildman–Crippen LogP) is 3.75. The molecule has 0 aliphatic carbocycles. The van der Waals surface area contributed by atoms with Crippen LogP contribution in [0.5, 0.6) is 0 Å². The molecule has 0 aliphatic rings. The molecule has 1 heterocycles. The molecular formula is C28H32N4O3. The maximum Gasteiger partial charge on any atom is 0.270 e. The van der Waals surface area contributed by atoms with Crippen molar-refractivity contribution in [2.75, 3.05) is 13.1 Å². The molecule has 3 rings (SSSR count). The van der Waals surface area contributed by atoms with Crippen molar-refractivity contribution in [1.29, 1.82) is 0 Å². The number of aryl methyl sites for hydroxylation is 1. The Morgan fingerprint density at radius 1 is 0.829 bits per heavy atom. The van der Waals surface area contributed by atoms with Crippen LogP contribution in [-0.2, 0) is 4.79 Å². The molecule has 3 amide bonds. The zero-order valence-corrected chi connectivity index (χ0v) is 20.4. The number of rotatable bonds is 10. The highest BCUT2D eigenvalue weighted by Gasteiger charge is 2.23. The minimum atomic E-state index is -0.953. The summed E-state index contributed by atoms with van der Waals surface area (Å²) in [6.07, 6.45) is 0.808. The number of aromatic nitrogens is 1. The molecule has 1 atom stereocenters. The molecule has 0 radical (unpaired) electrons. The van der Waals surface area contributed by atoms with E-state index in [0.717, 1.165) is 17.5 Å². The first-order chi connectivity index (χ1) is 16.8. The summed E-state index contributed by atoms with van der Waals surface area (Å²) in [7, 11) is 0. The highest BCUT2D eigenvalue weighted by Crippen LogP contribution is 2.16. The molecule has 0 saturated heterocycles. The fraction of sp³-hybridized carbons (Fsp3) is 0.286. The lowest BCUT2D eigenvalue weighted by Crippen LogP contribution is -2.53. The van der Waals surface area contributed by atoms with E-state index in [4.69, 9.17) is 0 Å². The van der Waals surface area contributed by atoms with Crippen LogP contribution >= 0.6 is 0 Å². The second-order valence-electron chi connectivity index (χ2n) is 8.85. The SMILES string of the molecule is Cc1ccc(C(=O)NC[C@H](NC(=O)c2cccc(-c3ccccc3)n2)C(=O)NCCC(C)C)cc1. The van der Waals surface area contributed by atoms with Gasteiger partial charge in [-0.15, -0.1) is 0 Å². The van der Waals surface area contributed by atoms with Crippen LogP contribution < -0.4 is 16.0 Å². The van der Waals surface area contributed by atoms with Crippen molar-refractivity contribution in [1.82, 2.24) is 20.9 Å². The number of nitrogens with one attached hydrogen (secondary N) is 3. The number of hydrogen-bond donors (Lipinski definition) is 3. The van der Waals surface area contributed by atoms with Crippen LogP contribution in [0.1, 0.15) is 46.7 Å². The quantitative estimate of drug-likeness (QED) is 0.418. The highest BCUT2D eigenvalue weighted by atomic mass is 16.2. The van der Waals surface area contributed by atoms with E-state index in [-0.39, 0.29) is 24.1 Å². The van der Waals surface area contributed by atoms with E-state index in [1.807, 2.05) is 55.5 Å². The first-order valence-electron chi connectivity index (χ1n) is 11.8. The monoisotopic (exact) mass is 472 g/mol. The second-order valence-corrected chi connectivity index (χ2v) is 8.85. The number of carbonyl (C=O) groups is 3. The van der Waals surface area contributed by atoms with Crippen LogP contribution in [0.2, 0.25) is 0 Å². The largest absolute Gasteiger partial charge is 0.354 e. The van der Waals surface area contributed by atoms with E-state index < -0.39 is 11.9 Å². The van der Waals surface area contributed by atoms with Crippen molar-refractivity contribution in [3.05, 3.63) is 89.6 Å². The van der Waals surface area contributed by atoms with Gasteiger partial charge in [-0.05, 0) is 43.5 Å². The van der Waals surface area contributed by atoms with Crippen molar-refractivity contribution in [2.24, 2.45) is 5.92 Å². The summed E-state index contributed by atoms with van der Waals surface area (Å²) < 4.78 is 0. The molecule has 0 aliphatic heterocycles. The fourth-order valence-electron chi connectivity index (χ4n) is 3.38. The van der Waals surface area contributed by atoms with Crippen LogP contribution in [0.15, 0.2) is 72.8 Å². The Kier molecular flexibility index (Phi) is 9.12. The lowest BCUT2D eigenvalue weighted by Gasteiger charge is -2.19. The maximum atomic E-state index is 13.0. The lowest BCUT2D eigenvalue weighted by atomic mass is 10.1. The number of amides is 3. The summed E-state index contributed by atoms with van der Waals surface area (Å²) in [6, 6.07) is 20.9. The lowest BCUT2D eigenvalue weighted by molar-refractivity contribution is -0.122. The van der Waals surface area contributed by atoms with Crippen LogP contribution in [-0.4, -0.2) is 41.8 Å². The fourth-order valence-corrected chi connectivity index (χ4v) is 3.38. The van der Waals surface area contributed by atoms with Gasteiger partial charge in [0.15, 0.2) is 0 Å². The van der Waals surface area contributed by atoms with E-state index in [0.29, 0.717) is 23.7 Å². The molecule has 35 heavy (non-hydrogen) atoms. The smallest absolute Gasteiger partial charge is 0.270 e. The summed E-state index contributed by atoms with van der Waals surface area (Å²) >= 11 is 0. The van der Waals surface area contributed by atoms with Crippen molar-refractivity contribution in [3.63, 3.8) is 0 Å². The molecule has 2 aromatic carbocycles. The number of hydrogen-bond acceptors (Lipinski definition) is 4. The third kappa shape index (κ3) is 7.78. The maximum absolute atomic E-state index is 13.0. The van der Waals surface area contributed by atoms with Gasteiger partial charge in [0, 0.05) is 24.2 Å². The van der Waals surface area contributed by atoms with Gasteiger partial charge < -0.3 is 16.0 Å². The topological polar surface area (TPSA) is 100 Å². The van der Waals surface area contributed by atoms with Crippen LogP contribution in [0.25, 0.3) is 11.3 Å². The Bertz CT molecular complexity index is 1140. The summed E-state index contributed by atoms with van der Waals surface area (Å²) in [6.45, 7) is 6.51. The van der Waals surface area contributed by atoms with E-state index in [1.54, 1.807) is 24.3 Å². The minimum absolute atomic E-state index is 0.0513. The van der Waals surface area contributed by atoms with Gasteiger partial charge in [-0.25, -0.2) is 4.98 Å².